The molecule has 0 rings (SSSR count). The van der Waals surface area contributed by atoms with E-state index in [-0.39, 0.29) is 0 Å². The Labute approximate surface area is 77.5 Å². The molecule has 0 saturated heterocycles. The molecule has 0 fully saturated rings. The lowest BCUT2D eigenvalue weighted by Crippen LogP contribution is -2.38. The van der Waals surface area contributed by atoms with Crippen molar-refractivity contribution in [1.29, 1.82) is 0 Å². The zero-order valence-corrected chi connectivity index (χ0v) is 8.47. The van der Waals surface area contributed by atoms with Crippen molar-refractivity contribution in [3.05, 3.63) is 0 Å². The molecule has 0 aromatic carbocycles. The fourth-order valence-electron chi connectivity index (χ4n) is 0.512. The molecule has 2 N–H and O–H groups in total. The van der Waals surface area contributed by atoms with E-state index in [4.69, 9.17) is 9.79 Å². The van der Waals surface area contributed by atoms with E-state index in [1.54, 1.807) is 0 Å². The molecule has 0 aromatic heterocycles. The number of nitrogens with zero attached hydrogens (tertiary/aromatic N) is 1. The van der Waals surface area contributed by atoms with Crippen LogP contribution >= 0.6 is 7.60 Å². The van der Waals surface area contributed by atoms with Crippen molar-refractivity contribution in [1.82, 2.24) is 4.31 Å². The van der Waals surface area contributed by atoms with E-state index >= 15 is 0 Å². The Hall–Kier alpha value is -0.150. The molecule has 86 valence electrons. The zero-order chi connectivity index (χ0) is 11.8. The number of rotatable bonds is 3. The molecule has 14 heavy (non-hydrogen) atoms. The summed E-state index contributed by atoms with van der Waals surface area (Å²) in [5.74, 6) is 0. The Morgan fingerprint density at radius 1 is 1.36 bits per heavy atom. The average Bonchev–Trinajstić information content (AvgIpc) is 1.80. The number of sulfonamides is 1. The fourth-order valence-corrected chi connectivity index (χ4v) is 2.44. The highest BCUT2D eigenvalue weighted by molar-refractivity contribution is 7.90. The Morgan fingerprint density at radius 2 is 1.71 bits per heavy atom. The van der Waals surface area contributed by atoms with Crippen molar-refractivity contribution in [2.24, 2.45) is 0 Å². The molecule has 0 aliphatic heterocycles. The van der Waals surface area contributed by atoms with E-state index in [0.717, 1.165) is 0 Å². The smallest absolute Gasteiger partial charge is 0.324 e. The molecule has 0 radical (unpaired) electrons. The van der Waals surface area contributed by atoms with E-state index < -0.39 is 33.7 Å². The van der Waals surface area contributed by atoms with Gasteiger partial charge in [-0.25, -0.2) is 8.42 Å². The highest BCUT2D eigenvalue weighted by atomic mass is 32.2. The standard InChI is InChI=1S/C3H7F3NO5PS/c1-7(2-13(8,9)10)14(11,12)3(4,5)6/h2H2,1H3,(H2,8,9,10). The van der Waals surface area contributed by atoms with Crippen molar-refractivity contribution in [2.45, 2.75) is 5.51 Å². The van der Waals surface area contributed by atoms with Crippen LogP contribution in [0.15, 0.2) is 0 Å². The Morgan fingerprint density at radius 3 is 1.93 bits per heavy atom. The first-order chi connectivity index (χ1) is 5.88. The Kier molecular flexibility index (Phi) is 3.74. The summed E-state index contributed by atoms with van der Waals surface area (Å²) in [4.78, 5) is 16.5. The minimum absolute atomic E-state index is 0.432. The fraction of sp³-hybridized carbons (Fsp3) is 1.00. The van der Waals surface area contributed by atoms with Gasteiger partial charge in [0.2, 0.25) is 0 Å². The average molecular weight is 257 g/mol. The van der Waals surface area contributed by atoms with Gasteiger partial charge in [-0.2, -0.15) is 17.5 Å². The molecular weight excluding hydrogens is 250 g/mol. The van der Waals surface area contributed by atoms with Gasteiger partial charge in [0.15, 0.2) is 0 Å². The van der Waals surface area contributed by atoms with Crippen LogP contribution in [0, 0.1) is 0 Å². The number of hydrogen-bond acceptors (Lipinski definition) is 3. The maximum Gasteiger partial charge on any atom is 0.511 e. The summed E-state index contributed by atoms with van der Waals surface area (Å²) in [6, 6.07) is 0. The highest BCUT2D eigenvalue weighted by Gasteiger charge is 2.49. The summed E-state index contributed by atoms with van der Waals surface area (Å²) < 4.78 is 66.1. The van der Waals surface area contributed by atoms with Gasteiger partial charge in [-0.3, -0.25) is 4.57 Å². The third kappa shape index (κ3) is 3.54. The van der Waals surface area contributed by atoms with E-state index in [1.807, 2.05) is 0 Å². The quantitative estimate of drug-likeness (QED) is 0.688. The van der Waals surface area contributed by atoms with Crippen LogP contribution < -0.4 is 0 Å². The molecule has 0 aliphatic rings. The van der Waals surface area contributed by atoms with Gasteiger partial charge in [0.05, 0.1) is 0 Å². The lowest BCUT2D eigenvalue weighted by atomic mass is 11.2. The molecule has 11 heteroatoms. The van der Waals surface area contributed by atoms with Crippen LogP contribution in [0.5, 0.6) is 0 Å². The van der Waals surface area contributed by atoms with Crippen LogP contribution in [0.1, 0.15) is 0 Å². The first-order valence-corrected chi connectivity index (χ1v) is 6.19. The first kappa shape index (κ1) is 13.8. The maximum absolute atomic E-state index is 11.8. The van der Waals surface area contributed by atoms with Gasteiger partial charge >= 0.3 is 23.1 Å². The monoisotopic (exact) mass is 257 g/mol. The second-order valence-corrected chi connectivity index (χ2v) is 6.00. The number of halogens is 3. The van der Waals surface area contributed by atoms with Crippen LogP contribution in [0.4, 0.5) is 13.2 Å². The molecule has 0 saturated carbocycles. The largest absolute Gasteiger partial charge is 0.511 e. The van der Waals surface area contributed by atoms with Crippen molar-refractivity contribution in [3.8, 4) is 0 Å². The van der Waals surface area contributed by atoms with Crippen molar-refractivity contribution in [3.63, 3.8) is 0 Å². The summed E-state index contributed by atoms with van der Waals surface area (Å²) in [5.41, 5.74) is -5.56. The van der Waals surface area contributed by atoms with Crippen molar-refractivity contribution >= 4 is 17.6 Å². The summed E-state index contributed by atoms with van der Waals surface area (Å²) in [6.07, 6.45) is -1.51. The summed E-state index contributed by atoms with van der Waals surface area (Å²) in [6.45, 7) is 0. The van der Waals surface area contributed by atoms with Crippen molar-refractivity contribution in [2.75, 3.05) is 13.3 Å². The normalized spacial score (nSPS) is 14.8. The van der Waals surface area contributed by atoms with Crippen LogP contribution in [0.25, 0.3) is 0 Å². The van der Waals surface area contributed by atoms with Crippen LogP contribution in [-0.4, -0.2) is 41.4 Å². The predicted octanol–water partition coefficient (Wildman–Crippen LogP) is -0.0970. The van der Waals surface area contributed by atoms with Gasteiger partial charge in [-0.05, 0) is 0 Å². The molecule has 6 nitrogen and oxygen atoms in total. The maximum atomic E-state index is 11.8. The lowest BCUT2D eigenvalue weighted by Gasteiger charge is -2.18. The first-order valence-electron chi connectivity index (χ1n) is 2.95. The van der Waals surface area contributed by atoms with Gasteiger partial charge in [0.25, 0.3) is 0 Å². The molecule has 0 atom stereocenters. The van der Waals surface area contributed by atoms with Gasteiger partial charge in [0, 0.05) is 7.05 Å². The zero-order valence-electron chi connectivity index (χ0n) is 6.76. The number of hydrogen-bond donors (Lipinski definition) is 2. The molecule has 0 spiro atoms. The summed E-state index contributed by atoms with van der Waals surface area (Å²) in [5, 5.41) is 0. The van der Waals surface area contributed by atoms with Gasteiger partial charge in [-0.15, -0.1) is 0 Å². The molecule has 0 amide bonds. The van der Waals surface area contributed by atoms with Gasteiger partial charge < -0.3 is 9.79 Å². The van der Waals surface area contributed by atoms with Crippen molar-refractivity contribution < 1.29 is 35.9 Å². The summed E-state index contributed by atoms with van der Waals surface area (Å²) in [7, 11) is -10.1. The molecular formula is C3H7F3NO5PS. The van der Waals surface area contributed by atoms with Gasteiger partial charge in [0.1, 0.15) is 6.29 Å². The van der Waals surface area contributed by atoms with E-state index in [2.05, 4.69) is 0 Å². The van der Waals surface area contributed by atoms with Crippen LogP contribution in [-0.2, 0) is 14.6 Å². The Bertz CT molecular complexity index is 344. The second kappa shape index (κ2) is 3.78. The van der Waals surface area contributed by atoms with E-state index in [9.17, 15) is 26.2 Å². The van der Waals surface area contributed by atoms with Crippen LogP contribution in [0.2, 0.25) is 0 Å². The second-order valence-electron chi connectivity index (χ2n) is 2.35. The van der Waals surface area contributed by atoms with Gasteiger partial charge in [-0.1, -0.05) is 0 Å². The predicted molar refractivity (Wildman–Crippen MR) is 39.6 cm³/mol. The highest BCUT2D eigenvalue weighted by Crippen LogP contribution is 2.37. The molecule has 0 heterocycles. The van der Waals surface area contributed by atoms with Crippen LogP contribution in [0.3, 0.4) is 0 Å². The minimum Gasteiger partial charge on any atom is -0.324 e. The topological polar surface area (TPSA) is 94.9 Å². The van der Waals surface area contributed by atoms with E-state index in [0.29, 0.717) is 7.05 Å². The van der Waals surface area contributed by atoms with E-state index in [1.165, 1.54) is 0 Å². The Balaban J connectivity index is 4.90. The molecule has 0 bridgehead atoms. The third-order valence-electron chi connectivity index (χ3n) is 1.09. The third-order valence-corrected chi connectivity index (χ3v) is 3.60. The molecule has 0 aliphatic carbocycles. The molecule has 0 aromatic rings. The minimum atomic E-state index is -5.67. The molecule has 0 unspecified atom stereocenters. The SMILES string of the molecule is CN(CP(=O)(O)O)S(=O)(=O)C(F)(F)F. The number of alkyl halides is 3. The summed E-state index contributed by atoms with van der Waals surface area (Å²) >= 11 is 0. The lowest BCUT2D eigenvalue weighted by molar-refractivity contribution is -0.0479.